The fourth-order valence-corrected chi connectivity index (χ4v) is 3.08. The van der Waals surface area contributed by atoms with Crippen LogP contribution >= 0.6 is 0 Å². The maximum Gasteiger partial charge on any atom is 0.122 e. The summed E-state index contributed by atoms with van der Waals surface area (Å²) in [7, 11) is 0. The molecule has 0 saturated carbocycles. The van der Waals surface area contributed by atoms with E-state index in [-0.39, 0.29) is 0 Å². The number of benzene rings is 1. The van der Waals surface area contributed by atoms with Gasteiger partial charge in [0.05, 0.1) is 0 Å². The Morgan fingerprint density at radius 2 is 1.89 bits per heavy atom. The highest BCUT2D eigenvalue weighted by atomic mass is 16.5. The largest absolute Gasteiger partial charge is 0.492 e. The second-order valence-corrected chi connectivity index (χ2v) is 5.45. The van der Waals surface area contributed by atoms with Crippen LogP contribution in [0.4, 0.5) is 0 Å². The van der Waals surface area contributed by atoms with Crippen LogP contribution < -0.4 is 4.74 Å². The molecule has 19 heavy (non-hydrogen) atoms. The van der Waals surface area contributed by atoms with Crippen molar-refractivity contribution < 1.29 is 4.74 Å². The number of aryl methyl sites for hydroxylation is 1. The Kier molecular flexibility index (Phi) is 5.26. The minimum absolute atomic E-state index is 0.556. The number of rotatable bonds is 6. The topological polar surface area (TPSA) is 12.5 Å². The Morgan fingerprint density at radius 1 is 1.16 bits per heavy atom. The monoisotopic (exact) mass is 261 g/mol. The number of nitrogens with zero attached hydrogens (tertiary/aromatic N) is 1. The molecule has 106 valence electrons. The van der Waals surface area contributed by atoms with Crippen LogP contribution in [0.3, 0.4) is 0 Å². The van der Waals surface area contributed by atoms with E-state index in [1.165, 1.54) is 37.1 Å². The van der Waals surface area contributed by atoms with Gasteiger partial charge in [-0.1, -0.05) is 32.9 Å². The first kappa shape index (κ1) is 14.4. The highest BCUT2D eigenvalue weighted by molar-refractivity contribution is 5.42. The standard InChI is InChI=1S/C17H27NO/c1-4-10-18(11-5-2)15-12-16-14(6-3)8-7-9-17(16)19-13-15/h7-9,15H,4-6,10-13H2,1-3H3/t15-/m1/s1. The Bertz CT molecular complexity index is 382. The average Bonchev–Trinajstić information content (AvgIpc) is 2.46. The van der Waals surface area contributed by atoms with Crippen molar-refractivity contribution in [3.05, 3.63) is 29.3 Å². The molecule has 2 heteroatoms. The minimum Gasteiger partial charge on any atom is -0.492 e. The molecule has 0 amide bonds. The molecule has 0 bridgehead atoms. The SMILES string of the molecule is CCCN(CCC)[C@H]1COc2cccc(CC)c2C1. The van der Waals surface area contributed by atoms with Gasteiger partial charge in [0.25, 0.3) is 0 Å². The normalized spacial score (nSPS) is 18.2. The van der Waals surface area contributed by atoms with Gasteiger partial charge in [-0.15, -0.1) is 0 Å². The molecule has 0 fully saturated rings. The molecule has 0 aliphatic carbocycles. The summed E-state index contributed by atoms with van der Waals surface area (Å²) >= 11 is 0. The summed E-state index contributed by atoms with van der Waals surface area (Å²) in [6.45, 7) is 9.97. The third kappa shape index (κ3) is 3.30. The lowest BCUT2D eigenvalue weighted by molar-refractivity contribution is 0.119. The highest BCUT2D eigenvalue weighted by Gasteiger charge is 2.25. The number of fused-ring (bicyclic) bond motifs is 1. The first-order chi connectivity index (χ1) is 9.30. The zero-order chi connectivity index (χ0) is 13.7. The van der Waals surface area contributed by atoms with Crippen LogP contribution in [0, 0.1) is 0 Å². The van der Waals surface area contributed by atoms with E-state index >= 15 is 0 Å². The van der Waals surface area contributed by atoms with Crippen molar-refractivity contribution in [1.82, 2.24) is 4.90 Å². The van der Waals surface area contributed by atoms with Gasteiger partial charge in [-0.3, -0.25) is 4.90 Å². The highest BCUT2D eigenvalue weighted by Crippen LogP contribution is 2.30. The van der Waals surface area contributed by atoms with Crippen LogP contribution in [0.25, 0.3) is 0 Å². The number of ether oxygens (including phenoxy) is 1. The van der Waals surface area contributed by atoms with Gasteiger partial charge in [0, 0.05) is 6.04 Å². The first-order valence-corrected chi connectivity index (χ1v) is 7.77. The van der Waals surface area contributed by atoms with Crippen LogP contribution in [0.2, 0.25) is 0 Å². The Balaban J connectivity index is 2.15. The molecule has 1 heterocycles. The minimum atomic E-state index is 0.556. The number of hydrogen-bond acceptors (Lipinski definition) is 2. The molecule has 2 nitrogen and oxygen atoms in total. The summed E-state index contributed by atoms with van der Waals surface area (Å²) in [6, 6.07) is 7.04. The van der Waals surface area contributed by atoms with Crippen LogP contribution in [0.1, 0.15) is 44.7 Å². The summed E-state index contributed by atoms with van der Waals surface area (Å²) in [6.07, 6.45) is 4.69. The van der Waals surface area contributed by atoms with Gasteiger partial charge < -0.3 is 4.74 Å². The van der Waals surface area contributed by atoms with Gasteiger partial charge in [0.2, 0.25) is 0 Å². The van der Waals surface area contributed by atoms with Crippen LogP contribution in [0.5, 0.6) is 5.75 Å². The predicted molar refractivity (Wildman–Crippen MR) is 81.0 cm³/mol. The van der Waals surface area contributed by atoms with E-state index in [4.69, 9.17) is 4.74 Å². The van der Waals surface area contributed by atoms with Gasteiger partial charge in [-0.25, -0.2) is 0 Å². The molecule has 1 aromatic rings. The zero-order valence-electron chi connectivity index (χ0n) is 12.6. The summed E-state index contributed by atoms with van der Waals surface area (Å²) in [5.41, 5.74) is 2.90. The van der Waals surface area contributed by atoms with Gasteiger partial charge >= 0.3 is 0 Å². The molecule has 0 saturated heterocycles. The molecule has 1 aromatic carbocycles. The van der Waals surface area contributed by atoms with E-state index in [0.29, 0.717) is 6.04 Å². The first-order valence-electron chi connectivity index (χ1n) is 7.77. The molecule has 1 aliphatic heterocycles. The van der Waals surface area contributed by atoms with E-state index < -0.39 is 0 Å². The summed E-state index contributed by atoms with van der Waals surface area (Å²) < 4.78 is 6.01. The van der Waals surface area contributed by atoms with Crippen molar-refractivity contribution in [2.75, 3.05) is 19.7 Å². The summed E-state index contributed by atoms with van der Waals surface area (Å²) in [5, 5.41) is 0. The third-order valence-electron chi connectivity index (χ3n) is 4.02. The third-order valence-corrected chi connectivity index (χ3v) is 4.02. The van der Waals surface area contributed by atoms with Gasteiger partial charge in [-0.2, -0.15) is 0 Å². The summed E-state index contributed by atoms with van der Waals surface area (Å²) in [4.78, 5) is 2.61. The Morgan fingerprint density at radius 3 is 2.53 bits per heavy atom. The molecular formula is C17H27NO. The average molecular weight is 261 g/mol. The lowest BCUT2D eigenvalue weighted by atomic mass is 9.95. The molecule has 2 rings (SSSR count). The molecular weight excluding hydrogens is 234 g/mol. The molecule has 1 aliphatic rings. The molecule has 0 N–H and O–H groups in total. The van der Waals surface area contributed by atoms with Gasteiger partial charge in [0.1, 0.15) is 12.4 Å². The van der Waals surface area contributed by atoms with Crippen molar-refractivity contribution in [3.63, 3.8) is 0 Å². The maximum absolute atomic E-state index is 6.01. The lowest BCUT2D eigenvalue weighted by Gasteiger charge is -2.35. The molecule has 0 spiro atoms. The second-order valence-electron chi connectivity index (χ2n) is 5.45. The summed E-state index contributed by atoms with van der Waals surface area (Å²) in [5.74, 6) is 1.11. The van der Waals surface area contributed by atoms with Crippen molar-refractivity contribution in [2.45, 2.75) is 52.5 Å². The zero-order valence-corrected chi connectivity index (χ0v) is 12.6. The molecule has 1 atom stereocenters. The Hall–Kier alpha value is -1.02. The predicted octanol–water partition coefficient (Wildman–Crippen LogP) is 3.67. The fourth-order valence-electron chi connectivity index (χ4n) is 3.08. The lowest BCUT2D eigenvalue weighted by Crippen LogP contribution is -2.44. The van der Waals surface area contributed by atoms with E-state index in [2.05, 4.69) is 43.9 Å². The van der Waals surface area contributed by atoms with Crippen molar-refractivity contribution in [3.8, 4) is 5.75 Å². The Labute approximate surface area is 117 Å². The van der Waals surface area contributed by atoms with Crippen molar-refractivity contribution in [1.29, 1.82) is 0 Å². The second kappa shape index (κ2) is 6.95. The maximum atomic E-state index is 6.01. The van der Waals surface area contributed by atoms with E-state index in [0.717, 1.165) is 25.2 Å². The van der Waals surface area contributed by atoms with Crippen LogP contribution in [0.15, 0.2) is 18.2 Å². The van der Waals surface area contributed by atoms with Crippen LogP contribution in [-0.2, 0) is 12.8 Å². The van der Waals surface area contributed by atoms with Crippen molar-refractivity contribution in [2.24, 2.45) is 0 Å². The van der Waals surface area contributed by atoms with Gasteiger partial charge in [0.15, 0.2) is 0 Å². The van der Waals surface area contributed by atoms with Crippen LogP contribution in [-0.4, -0.2) is 30.6 Å². The number of hydrogen-bond donors (Lipinski definition) is 0. The van der Waals surface area contributed by atoms with Gasteiger partial charge in [-0.05, 0) is 56.0 Å². The molecule has 0 radical (unpaired) electrons. The van der Waals surface area contributed by atoms with E-state index in [1.54, 1.807) is 0 Å². The van der Waals surface area contributed by atoms with Crippen molar-refractivity contribution >= 4 is 0 Å². The van der Waals surface area contributed by atoms with E-state index in [9.17, 15) is 0 Å². The quantitative estimate of drug-likeness (QED) is 0.774. The van der Waals surface area contributed by atoms with E-state index in [1.807, 2.05) is 0 Å². The molecule has 0 unspecified atom stereocenters. The fraction of sp³-hybridized carbons (Fsp3) is 0.647. The molecule has 0 aromatic heterocycles. The smallest absolute Gasteiger partial charge is 0.122 e.